The molecule has 0 rings (SSSR count). The molecule has 0 spiro atoms. The van der Waals surface area contributed by atoms with Crippen LogP contribution in [0.1, 0.15) is 174 Å². The molecule has 0 amide bonds. The van der Waals surface area contributed by atoms with Crippen LogP contribution in [0.15, 0.2) is 36.5 Å². The lowest BCUT2D eigenvalue weighted by atomic mass is 10.1. The molecule has 0 aliphatic rings. The maximum atomic E-state index is 12.4. The highest BCUT2D eigenvalue weighted by Crippen LogP contribution is 2.36. The predicted octanol–water partition coefficient (Wildman–Crippen LogP) is 11.0. The van der Waals surface area contributed by atoms with Crippen molar-refractivity contribution in [1.29, 1.82) is 0 Å². The number of phosphoric acid groups is 1. The Morgan fingerprint density at radius 3 is 1.43 bits per heavy atom. The largest absolute Gasteiger partial charge is 0.469 e. The van der Waals surface area contributed by atoms with Crippen LogP contribution in [0.5, 0.6) is 0 Å². The van der Waals surface area contributed by atoms with E-state index in [4.69, 9.17) is 19.3 Å². The number of ether oxygens (including phenoxy) is 2. The summed E-state index contributed by atoms with van der Waals surface area (Å²) in [6.07, 6.45) is 38.6. The fourth-order valence-electron chi connectivity index (χ4n) is 5.04. The molecule has 9 heteroatoms. The van der Waals surface area contributed by atoms with Crippen molar-refractivity contribution in [3.63, 3.8) is 0 Å². The summed E-state index contributed by atoms with van der Waals surface area (Å²) < 4.78 is 26.3. The molecule has 0 heterocycles. The molecular weight excluding hydrogens is 615 g/mol. The molecule has 0 aliphatic carbocycles. The third kappa shape index (κ3) is 36.9. The van der Waals surface area contributed by atoms with Crippen LogP contribution < -0.4 is 0 Å². The third-order valence-electron chi connectivity index (χ3n) is 7.88. The molecule has 2 N–H and O–H groups in total. The fourth-order valence-corrected chi connectivity index (χ4v) is 5.40. The topological polar surface area (TPSA) is 119 Å². The Balaban J connectivity index is 3.99. The normalized spacial score (nSPS) is 12.9. The number of carbonyl (C=O) groups excluding carboxylic acids is 2. The smallest absolute Gasteiger partial charge is 0.462 e. The Morgan fingerprint density at radius 2 is 0.957 bits per heavy atom. The Kier molecular flexibility index (Phi) is 32.9. The molecule has 0 saturated carbocycles. The van der Waals surface area contributed by atoms with E-state index in [0.717, 1.165) is 64.2 Å². The molecule has 274 valence electrons. The highest BCUT2D eigenvalue weighted by molar-refractivity contribution is 7.46. The number of carbonyl (C=O) groups is 2. The fraction of sp³-hybridized carbons (Fsp3) is 0.789. The second-order valence-electron chi connectivity index (χ2n) is 12.5. The van der Waals surface area contributed by atoms with Crippen molar-refractivity contribution in [2.24, 2.45) is 0 Å². The Labute approximate surface area is 287 Å². The van der Waals surface area contributed by atoms with Crippen molar-refractivity contribution < 1.29 is 37.9 Å². The number of phosphoric ester groups is 1. The van der Waals surface area contributed by atoms with Gasteiger partial charge in [-0.25, -0.2) is 4.57 Å². The van der Waals surface area contributed by atoms with Gasteiger partial charge >= 0.3 is 19.8 Å². The summed E-state index contributed by atoms with van der Waals surface area (Å²) in [6.45, 7) is 3.61. The van der Waals surface area contributed by atoms with Gasteiger partial charge < -0.3 is 19.3 Å². The zero-order valence-electron chi connectivity index (χ0n) is 29.9. The van der Waals surface area contributed by atoms with E-state index < -0.39 is 32.5 Å². The lowest BCUT2D eigenvalue weighted by Gasteiger charge is -2.18. The highest BCUT2D eigenvalue weighted by Gasteiger charge is 2.22. The Hall–Kier alpha value is -1.73. The van der Waals surface area contributed by atoms with E-state index in [0.29, 0.717) is 12.8 Å². The summed E-state index contributed by atoms with van der Waals surface area (Å²) in [4.78, 5) is 42.7. The standard InChI is InChI=1S/C38H69O8P/c1-3-5-7-9-11-13-15-17-18-19-20-21-23-25-27-29-31-33-38(40)46-36(35-45-47(41,42)43)34-44-37(39)32-30-28-26-24-22-16-14-12-10-8-6-4-2/h11-14,17-18,36H,3-10,15-16,19-35H2,1-2H3,(H2,41,42,43)/b13-11-,14-12-,18-17-/t36-/m1/s1. The summed E-state index contributed by atoms with van der Waals surface area (Å²) in [5.74, 6) is -0.905. The van der Waals surface area contributed by atoms with E-state index in [2.05, 4.69) is 54.8 Å². The van der Waals surface area contributed by atoms with Gasteiger partial charge in [0.05, 0.1) is 6.61 Å². The average Bonchev–Trinajstić information content (AvgIpc) is 3.04. The lowest BCUT2D eigenvalue weighted by molar-refractivity contribution is -0.161. The van der Waals surface area contributed by atoms with E-state index in [1.165, 1.54) is 70.6 Å². The maximum absolute atomic E-state index is 12.4. The van der Waals surface area contributed by atoms with Gasteiger partial charge in [0, 0.05) is 12.8 Å². The maximum Gasteiger partial charge on any atom is 0.469 e. The van der Waals surface area contributed by atoms with E-state index >= 15 is 0 Å². The summed E-state index contributed by atoms with van der Waals surface area (Å²) in [7, 11) is -4.75. The first-order valence-electron chi connectivity index (χ1n) is 18.8. The molecular formula is C38H69O8P. The van der Waals surface area contributed by atoms with Gasteiger partial charge in [-0.2, -0.15) is 0 Å². The van der Waals surface area contributed by atoms with Crippen molar-refractivity contribution in [3.8, 4) is 0 Å². The SMILES string of the molecule is CCCCC/C=C\C/C=C\CCCCCCCCCC(=O)O[C@H](COC(=O)CCCCCCC/C=C\CCCCC)COP(=O)(O)O. The number of esters is 2. The van der Waals surface area contributed by atoms with Crippen molar-refractivity contribution in [2.45, 2.75) is 180 Å². The zero-order chi connectivity index (χ0) is 34.7. The molecule has 0 saturated heterocycles. The second-order valence-corrected chi connectivity index (χ2v) is 13.8. The predicted molar refractivity (Wildman–Crippen MR) is 193 cm³/mol. The molecule has 0 aromatic rings. The highest BCUT2D eigenvalue weighted by atomic mass is 31.2. The minimum absolute atomic E-state index is 0.201. The van der Waals surface area contributed by atoms with E-state index in [9.17, 15) is 14.2 Å². The lowest BCUT2D eigenvalue weighted by Crippen LogP contribution is -2.29. The minimum Gasteiger partial charge on any atom is -0.462 e. The van der Waals surface area contributed by atoms with Crippen molar-refractivity contribution >= 4 is 19.8 Å². The molecule has 0 bridgehead atoms. The molecule has 1 atom stereocenters. The van der Waals surface area contributed by atoms with Crippen molar-refractivity contribution in [1.82, 2.24) is 0 Å². The van der Waals surface area contributed by atoms with Gasteiger partial charge in [0.1, 0.15) is 6.61 Å². The van der Waals surface area contributed by atoms with Crippen LogP contribution in [0.2, 0.25) is 0 Å². The monoisotopic (exact) mass is 684 g/mol. The number of hydrogen-bond donors (Lipinski definition) is 2. The second kappa shape index (κ2) is 34.1. The Morgan fingerprint density at radius 1 is 0.553 bits per heavy atom. The van der Waals surface area contributed by atoms with Gasteiger partial charge in [-0.05, 0) is 70.6 Å². The van der Waals surface area contributed by atoms with Crippen LogP contribution in [0, 0.1) is 0 Å². The van der Waals surface area contributed by atoms with Crippen molar-refractivity contribution in [3.05, 3.63) is 36.5 Å². The quantitative estimate of drug-likeness (QED) is 0.0297. The molecule has 0 radical (unpaired) electrons. The van der Waals surface area contributed by atoms with E-state index in [-0.39, 0.29) is 19.4 Å². The van der Waals surface area contributed by atoms with Crippen molar-refractivity contribution in [2.75, 3.05) is 13.2 Å². The van der Waals surface area contributed by atoms with Gasteiger partial charge in [0.2, 0.25) is 0 Å². The number of hydrogen-bond acceptors (Lipinski definition) is 6. The van der Waals surface area contributed by atoms with Crippen LogP contribution in [-0.4, -0.2) is 41.0 Å². The number of rotatable bonds is 34. The third-order valence-corrected chi connectivity index (χ3v) is 8.37. The van der Waals surface area contributed by atoms with Gasteiger partial charge in [-0.15, -0.1) is 0 Å². The number of allylic oxidation sites excluding steroid dienone is 6. The van der Waals surface area contributed by atoms with Gasteiger partial charge in [0.15, 0.2) is 6.10 Å². The van der Waals surface area contributed by atoms with Crippen LogP contribution >= 0.6 is 7.82 Å². The summed E-state index contributed by atoms with van der Waals surface area (Å²) in [6, 6.07) is 0. The molecule has 0 fully saturated rings. The van der Waals surface area contributed by atoms with Gasteiger partial charge in [-0.3, -0.25) is 14.1 Å². The van der Waals surface area contributed by atoms with Crippen LogP contribution in [0.3, 0.4) is 0 Å². The molecule has 0 aliphatic heterocycles. The van der Waals surface area contributed by atoms with Gasteiger partial charge in [-0.1, -0.05) is 127 Å². The van der Waals surface area contributed by atoms with Crippen LogP contribution in [0.4, 0.5) is 0 Å². The minimum atomic E-state index is -4.75. The van der Waals surface area contributed by atoms with Crippen LogP contribution in [0.25, 0.3) is 0 Å². The first-order chi connectivity index (χ1) is 22.8. The molecule has 8 nitrogen and oxygen atoms in total. The summed E-state index contributed by atoms with van der Waals surface area (Å²) in [5.41, 5.74) is 0. The first-order valence-corrected chi connectivity index (χ1v) is 20.3. The number of unbranched alkanes of at least 4 members (excludes halogenated alkanes) is 18. The Bertz CT molecular complexity index is 864. The molecule has 0 aromatic carbocycles. The first kappa shape index (κ1) is 45.3. The summed E-state index contributed by atoms with van der Waals surface area (Å²) in [5, 5.41) is 0. The molecule has 47 heavy (non-hydrogen) atoms. The van der Waals surface area contributed by atoms with Crippen LogP contribution in [-0.2, 0) is 28.2 Å². The van der Waals surface area contributed by atoms with Gasteiger partial charge in [0.25, 0.3) is 0 Å². The summed E-state index contributed by atoms with van der Waals surface area (Å²) >= 11 is 0. The zero-order valence-corrected chi connectivity index (χ0v) is 30.8. The van der Waals surface area contributed by atoms with E-state index in [1.807, 2.05) is 0 Å². The van der Waals surface area contributed by atoms with E-state index in [1.54, 1.807) is 0 Å². The average molecular weight is 685 g/mol. The molecule has 0 aromatic heterocycles. The molecule has 0 unspecified atom stereocenters.